The third kappa shape index (κ3) is 5.10. The molecular weight excluding hydrogens is 591 g/mol. The smallest absolute Gasteiger partial charge is 0.452 e. The molecule has 2 aliphatic heterocycles. The van der Waals surface area contributed by atoms with Gasteiger partial charge in [-0.3, -0.25) is 9.20 Å². The Balaban J connectivity index is 1.40. The van der Waals surface area contributed by atoms with E-state index < -0.39 is 39.5 Å². The molecule has 2 aliphatic rings. The van der Waals surface area contributed by atoms with Crippen LogP contribution >= 0.6 is 0 Å². The van der Waals surface area contributed by atoms with Gasteiger partial charge in [0, 0.05) is 24.9 Å². The van der Waals surface area contributed by atoms with Crippen LogP contribution in [0.5, 0.6) is 5.88 Å². The summed E-state index contributed by atoms with van der Waals surface area (Å²) < 4.78 is 81.4. The summed E-state index contributed by atoms with van der Waals surface area (Å²) in [5.41, 5.74) is 1.82. The Morgan fingerprint density at radius 2 is 1.93 bits per heavy atom. The minimum atomic E-state index is -4.72. The number of aryl methyl sites for hydroxylation is 2. The monoisotopic (exact) mass is 617 g/mol. The van der Waals surface area contributed by atoms with Crippen LogP contribution in [0.4, 0.5) is 13.2 Å². The van der Waals surface area contributed by atoms with E-state index in [1.807, 2.05) is 6.92 Å². The summed E-state index contributed by atoms with van der Waals surface area (Å²) in [6.45, 7) is 3.73. The Kier molecular flexibility index (Phi) is 6.93. The van der Waals surface area contributed by atoms with Crippen LogP contribution in [0.2, 0.25) is 0 Å². The highest BCUT2D eigenvalue weighted by atomic mass is 32.2. The number of carboxylic acid groups (broad SMARTS) is 1. The molecule has 4 aromatic rings. The van der Waals surface area contributed by atoms with Crippen LogP contribution in [-0.2, 0) is 32.3 Å². The quantitative estimate of drug-likeness (QED) is 0.343. The van der Waals surface area contributed by atoms with E-state index in [1.165, 1.54) is 34.9 Å². The fraction of sp³-hybridized carbons (Fsp3) is 0.357. The Morgan fingerprint density at radius 1 is 1.16 bits per heavy atom. The van der Waals surface area contributed by atoms with Crippen molar-refractivity contribution < 1.29 is 41.0 Å². The Morgan fingerprint density at radius 3 is 2.60 bits per heavy atom. The van der Waals surface area contributed by atoms with E-state index in [4.69, 9.17) is 9.47 Å². The molecule has 1 saturated heterocycles. The first kappa shape index (κ1) is 29.0. The van der Waals surface area contributed by atoms with E-state index in [-0.39, 0.29) is 49.1 Å². The molecule has 3 aromatic heterocycles. The Hall–Kier alpha value is -4.08. The molecule has 5 heterocycles. The van der Waals surface area contributed by atoms with Crippen molar-refractivity contribution in [3.05, 3.63) is 82.4 Å². The fourth-order valence-corrected chi connectivity index (χ4v) is 7.13. The molecule has 0 bridgehead atoms. The van der Waals surface area contributed by atoms with Crippen LogP contribution in [0, 0.1) is 13.8 Å². The number of carbonyl (C=O) groups is 1. The highest BCUT2D eigenvalue weighted by Gasteiger charge is 2.49. The molecule has 43 heavy (non-hydrogen) atoms. The van der Waals surface area contributed by atoms with Gasteiger partial charge in [0.25, 0.3) is 0 Å². The van der Waals surface area contributed by atoms with Crippen LogP contribution in [0.3, 0.4) is 0 Å². The summed E-state index contributed by atoms with van der Waals surface area (Å²) in [5, 5.41) is 16.8. The van der Waals surface area contributed by atoms with E-state index >= 15 is 0 Å². The van der Waals surface area contributed by atoms with Gasteiger partial charge < -0.3 is 14.6 Å². The zero-order valence-electron chi connectivity index (χ0n) is 23.0. The van der Waals surface area contributed by atoms with Crippen LogP contribution in [-0.4, -0.2) is 68.7 Å². The van der Waals surface area contributed by atoms with Gasteiger partial charge in [0.1, 0.15) is 4.90 Å². The van der Waals surface area contributed by atoms with E-state index in [9.17, 15) is 31.5 Å². The summed E-state index contributed by atoms with van der Waals surface area (Å²) in [4.78, 5) is 16.1. The van der Waals surface area contributed by atoms with Crippen molar-refractivity contribution in [1.29, 1.82) is 0 Å². The lowest BCUT2D eigenvalue weighted by molar-refractivity contribution is -0.166. The number of aliphatic carboxylic acids is 1. The number of aromatic nitrogens is 4. The second kappa shape index (κ2) is 10.3. The molecule has 1 N–H and O–H groups in total. The molecule has 6 rings (SSSR count). The molecular formula is C28H26F3N5O6S. The number of fused-ring (bicyclic) bond motifs is 2. The molecule has 1 fully saturated rings. The van der Waals surface area contributed by atoms with Crippen LogP contribution in [0.1, 0.15) is 46.0 Å². The molecule has 226 valence electrons. The minimum Gasteiger partial charge on any atom is -0.481 e. The van der Waals surface area contributed by atoms with Crippen molar-refractivity contribution in [3.8, 4) is 5.88 Å². The molecule has 1 spiro atoms. The third-order valence-electron chi connectivity index (χ3n) is 7.86. The topological polar surface area (TPSA) is 136 Å². The first-order chi connectivity index (χ1) is 20.3. The van der Waals surface area contributed by atoms with Crippen molar-refractivity contribution >= 4 is 21.6 Å². The number of pyridine rings is 2. The highest BCUT2D eigenvalue weighted by Crippen LogP contribution is 2.38. The predicted octanol–water partition coefficient (Wildman–Crippen LogP) is 3.72. The number of rotatable bonds is 6. The zero-order valence-corrected chi connectivity index (χ0v) is 23.8. The van der Waals surface area contributed by atoms with Crippen molar-refractivity contribution in [1.82, 2.24) is 23.9 Å². The zero-order chi connectivity index (χ0) is 30.7. The molecule has 0 aliphatic carbocycles. The maximum Gasteiger partial charge on any atom is 0.452 e. The molecule has 1 atom stereocenters. The van der Waals surface area contributed by atoms with Gasteiger partial charge in [-0.2, -0.15) is 17.5 Å². The number of sulfonamides is 1. The van der Waals surface area contributed by atoms with E-state index in [0.717, 1.165) is 9.96 Å². The maximum atomic E-state index is 13.8. The van der Waals surface area contributed by atoms with Crippen molar-refractivity contribution in [2.45, 2.75) is 49.4 Å². The summed E-state index contributed by atoms with van der Waals surface area (Å²) in [5.74, 6) is -3.06. The van der Waals surface area contributed by atoms with Crippen molar-refractivity contribution in [2.24, 2.45) is 0 Å². The lowest BCUT2D eigenvalue weighted by Gasteiger charge is -2.41. The summed E-state index contributed by atoms with van der Waals surface area (Å²) in [6.07, 6.45) is -2.45. The summed E-state index contributed by atoms with van der Waals surface area (Å²) in [7, 11) is -4.04. The van der Waals surface area contributed by atoms with Gasteiger partial charge >= 0.3 is 12.1 Å². The molecule has 0 radical (unpaired) electrons. The minimum absolute atomic E-state index is 0.00771. The third-order valence-corrected chi connectivity index (χ3v) is 9.66. The first-order valence-electron chi connectivity index (χ1n) is 13.2. The summed E-state index contributed by atoms with van der Waals surface area (Å²) in [6, 6.07) is 9.64. The fourth-order valence-electron chi connectivity index (χ4n) is 5.57. The average Bonchev–Trinajstić information content (AvgIpc) is 3.34. The lowest BCUT2D eigenvalue weighted by atomic mass is 9.85. The van der Waals surface area contributed by atoms with Gasteiger partial charge in [-0.15, -0.1) is 10.2 Å². The number of halogens is 3. The molecule has 0 unspecified atom stereocenters. The molecule has 0 amide bonds. The molecule has 0 saturated carbocycles. The standard InChI is InChI=1S/C28H26F3N5O6S/c1-16-5-6-18(21(11-23(37)38)20-7-9-36-24(17(20)2)33-34-26(36)28(29,30)31)10-19(16)12-35-13-27(14-41-15-27)42-25-22(43(35,39)40)4-3-8-32-25/h3-10,21H,11-15H2,1-2H3,(H,37,38)/t21-/m1/s1. The van der Waals surface area contributed by atoms with E-state index in [0.29, 0.717) is 22.3 Å². The van der Waals surface area contributed by atoms with Crippen LogP contribution in [0.25, 0.3) is 5.65 Å². The lowest BCUT2D eigenvalue weighted by Crippen LogP contribution is -2.60. The van der Waals surface area contributed by atoms with Gasteiger partial charge in [0.2, 0.25) is 21.7 Å². The van der Waals surface area contributed by atoms with E-state index in [1.54, 1.807) is 25.1 Å². The van der Waals surface area contributed by atoms with Gasteiger partial charge in [0.15, 0.2) is 11.2 Å². The highest BCUT2D eigenvalue weighted by molar-refractivity contribution is 7.89. The Bertz CT molecular complexity index is 1860. The number of benzene rings is 1. The second-order valence-corrected chi connectivity index (χ2v) is 12.7. The molecule has 11 nitrogen and oxygen atoms in total. The van der Waals surface area contributed by atoms with Gasteiger partial charge in [-0.05, 0) is 59.9 Å². The first-order valence-corrected chi connectivity index (χ1v) is 14.7. The molecule has 15 heteroatoms. The van der Waals surface area contributed by atoms with Crippen LogP contribution in [0.15, 0.2) is 53.7 Å². The van der Waals surface area contributed by atoms with E-state index in [2.05, 4.69) is 15.2 Å². The van der Waals surface area contributed by atoms with Gasteiger partial charge in [0.05, 0.1) is 26.2 Å². The van der Waals surface area contributed by atoms with Crippen molar-refractivity contribution in [3.63, 3.8) is 0 Å². The maximum absolute atomic E-state index is 13.8. The number of carboxylic acids is 1. The van der Waals surface area contributed by atoms with Crippen molar-refractivity contribution in [2.75, 3.05) is 19.8 Å². The number of hydrogen-bond acceptors (Lipinski definition) is 8. The number of hydrogen-bond donors (Lipinski definition) is 1. The van der Waals surface area contributed by atoms with Gasteiger partial charge in [-0.25, -0.2) is 13.4 Å². The van der Waals surface area contributed by atoms with Gasteiger partial charge in [-0.1, -0.05) is 18.2 Å². The Labute approximate surface area is 243 Å². The largest absolute Gasteiger partial charge is 0.481 e. The second-order valence-electron chi connectivity index (χ2n) is 10.8. The predicted molar refractivity (Wildman–Crippen MR) is 144 cm³/mol. The normalized spacial score (nSPS) is 18.4. The number of alkyl halides is 3. The number of nitrogens with zero attached hydrogens (tertiary/aromatic N) is 5. The SMILES string of the molecule is Cc1ccc([C@@H](CC(=O)O)c2ccn3c(C(F)(F)F)nnc3c2C)cc1CN1CC2(COC2)Oc2ncccc2S1(=O)=O. The van der Waals surface area contributed by atoms with Crippen LogP contribution < -0.4 is 4.74 Å². The summed E-state index contributed by atoms with van der Waals surface area (Å²) >= 11 is 0. The molecule has 1 aromatic carbocycles. The average molecular weight is 618 g/mol. The number of ether oxygens (including phenoxy) is 2.